The van der Waals surface area contributed by atoms with E-state index < -0.39 is 24.4 Å². The highest BCUT2D eigenvalue weighted by atomic mass is 35.5. The fraction of sp³-hybridized carbons (Fsp3) is 0.200. The van der Waals surface area contributed by atoms with Crippen LogP contribution in [0.5, 0.6) is 5.75 Å². The normalized spacial score (nSPS) is 11.5. The van der Waals surface area contributed by atoms with Gasteiger partial charge >= 0.3 is 0 Å². The van der Waals surface area contributed by atoms with Crippen molar-refractivity contribution in [2.75, 3.05) is 13.7 Å². The number of amides is 2. The number of likely N-dealkylation sites (N-methyl/N-ethyl adjacent to an activating group) is 1. The molecule has 172 valence electrons. The van der Waals surface area contributed by atoms with Gasteiger partial charge in [-0.05, 0) is 35.4 Å². The van der Waals surface area contributed by atoms with Crippen LogP contribution in [0.3, 0.4) is 0 Å². The van der Waals surface area contributed by atoms with E-state index in [2.05, 4.69) is 5.32 Å². The average molecular weight is 489 g/mol. The molecule has 3 rings (SSSR count). The first-order valence-corrected chi connectivity index (χ1v) is 11.0. The molecule has 2 amide bonds. The molecular formula is C25H23Cl2FN2O3. The van der Waals surface area contributed by atoms with Crippen LogP contribution in [0.2, 0.25) is 10.0 Å². The predicted octanol–water partition coefficient (Wildman–Crippen LogP) is 4.90. The summed E-state index contributed by atoms with van der Waals surface area (Å²) in [5.41, 5.74) is 1.49. The molecule has 1 atom stereocenters. The highest BCUT2D eigenvalue weighted by Gasteiger charge is 2.30. The van der Waals surface area contributed by atoms with Gasteiger partial charge in [0.25, 0.3) is 5.91 Å². The quantitative estimate of drug-likeness (QED) is 0.466. The minimum absolute atomic E-state index is 0.0421. The van der Waals surface area contributed by atoms with Crippen LogP contribution in [-0.2, 0) is 22.6 Å². The highest BCUT2D eigenvalue weighted by molar-refractivity contribution is 6.35. The standard InChI is InChI=1S/C25H23Cl2FN2O3/c1-29-25(32)22(13-17-7-3-2-4-8-17)30(15-18-11-12-19(26)14-20(18)27)24(31)16-33-23-10-6-5-9-21(23)28/h2-12,14,22H,13,15-16H2,1H3,(H,29,32)/t22-/m1/s1. The molecule has 1 N–H and O–H groups in total. The van der Waals surface area contributed by atoms with E-state index in [-0.39, 0.29) is 24.6 Å². The number of halogens is 3. The van der Waals surface area contributed by atoms with Crippen LogP contribution in [0.4, 0.5) is 4.39 Å². The molecule has 0 bridgehead atoms. The van der Waals surface area contributed by atoms with E-state index >= 15 is 0 Å². The molecule has 33 heavy (non-hydrogen) atoms. The lowest BCUT2D eigenvalue weighted by atomic mass is 10.0. The Balaban J connectivity index is 1.91. The Morgan fingerprint density at radius 1 is 1.03 bits per heavy atom. The summed E-state index contributed by atoms with van der Waals surface area (Å²) in [6, 6.07) is 19.3. The fourth-order valence-corrected chi connectivity index (χ4v) is 3.81. The van der Waals surface area contributed by atoms with Crippen LogP contribution in [0.1, 0.15) is 11.1 Å². The van der Waals surface area contributed by atoms with Gasteiger partial charge in [0.2, 0.25) is 5.91 Å². The molecule has 0 saturated heterocycles. The van der Waals surface area contributed by atoms with Crippen molar-refractivity contribution in [3.8, 4) is 5.75 Å². The van der Waals surface area contributed by atoms with Gasteiger partial charge in [-0.1, -0.05) is 71.7 Å². The summed E-state index contributed by atoms with van der Waals surface area (Å²) >= 11 is 12.4. The van der Waals surface area contributed by atoms with E-state index in [1.165, 1.54) is 30.1 Å². The minimum atomic E-state index is -0.846. The van der Waals surface area contributed by atoms with E-state index in [1.807, 2.05) is 30.3 Å². The number of rotatable bonds is 9. The van der Waals surface area contributed by atoms with Crippen LogP contribution < -0.4 is 10.1 Å². The van der Waals surface area contributed by atoms with Crippen LogP contribution in [0.25, 0.3) is 0 Å². The molecule has 0 aliphatic carbocycles. The van der Waals surface area contributed by atoms with Crippen molar-refractivity contribution >= 4 is 35.0 Å². The van der Waals surface area contributed by atoms with Crippen molar-refractivity contribution in [2.45, 2.75) is 19.0 Å². The lowest BCUT2D eigenvalue weighted by molar-refractivity contribution is -0.142. The van der Waals surface area contributed by atoms with Crippen molar-refractivity contribution in [1.29, 1.82) is 0 Å². The zero-order valence-corrected chi connectivity index (χ0v) is 19.4. The topological polar surface area (TPSA) is 58.6 Å². The van der Waals surface area contributed by atoms with Gasteiger partial charge in [0.1, 0.15) is 6.04 Å². The van der Waals surface area contributed by atoms with E-state index in [4.69, 9.17) is 27.9 Å². The maximum atomic E-state index is 14.0. The first kappa shape index (κ1) is 24.6. The highest BCUT2D eigenvalue weighted by Crippen LogP contribution is 2.24. The number of hydrogen-bond acceptors (Lipinski definition) is 3. The predicted molar refractivity (Wildman–Crippen MR) is 127 cm³/mol. The summed E-state index contributed by atoms with van der Waals surface area (Å²) in [5.74, 6) is -1.46. The van der Waals surface area contributed by atoms with Gasteiger partial charge in [-0.3, -0.25) is 9.59 Å². The van der Waals surface area contributed by atoms with Gasteiger partial charge in [0, 0.05) is 30.1 Å². The van der Waals surface area contributed by atoms with E-state index in [9.17, 15) is 14.0 Å². The Hall–Kier alpha value is -3.09. The zero-order valence-electron chi connectivity index (χ0n) is 17.9. The third kappa shape index (κ3) is 6.70. The van der Waals surface area contributed by atoms with Crippen LogP contribution in [0.15, 0.2) is 72.8 Å². The molecule has 0 aromatic heterocycles. The lowest BCUT2D eigenvalue weighted by Gasteiger charge is -2.31. The summed E-state index contributed by atoms with van der Waals surface area (Å²) in [6.07, 6.45) is 0.275. The van der Waals surface area contributed by atoms with Gasteiger partial charge in [-0.25, -0.2) is 4.39 Å². The SMILES string of the molecule is CNC(=O)[C@@H](Cc1ccccc1)N(Cc1ccc(Cl)cc1Cl)C(=O)COc1ccccc1F. The number of nitrogens with one attached hydrogen (secondary N) is 1. The minimum Gasteiger partial charge on any atom is -0.481 e. The summed E-state index contributed by atoms with van der Waals surface area (Å²) in [6.45, 7) is -0.408. The maximum absolute atomic E-state index is 14.0. The van der Waals surface area contributed by atoms with Gasteiger partial charge in [0.15, 0.2) is 18.2 Å². The molecule has 3 aromatic rings. The van der Waals surface area contributed by atoms with Gasteiger partial charge in [-0.2, -0.15) is 0 Å². The molecule has 3 aromatic carbocycles. The number of hydrogen-bond donors (Lipinski definition) is 1. The first-order valence-electron chi connectivity index (χ1n) is 10.2. The lowest BCUT2D eigenvalue weighted by Crippen LogP contribution is -2.51. The molecule has 0 unspecified atom stereocenters. The Morgan fingerprint density at radius 2 is 1.73 bits per heavy atom. The van der Waals surface area contributed by atoms with Crippen molar-refractivity contribution in [3.63, 3.8) is 0 Å². The molecular weight excluding hydrogens is 466 g/mol. The number of nitrogens with zero attached hydrogens (tertiary/aromatic N) is 1. The summed E-state index contributed by atoms with van der Waals surface area (Å²) < 4.78 is 19.4. The molecule has 0 spiro atoms. The van der Waals surface area contributed by atoms with E-state index in [0.717, 1.165) is 5.56 Å². The van der Waals surface area contributed by atoms with Crippen molar-refractivity contribution < 1.29 is 18.7 Å². The Kier molecular flexibility index (Phi) is 8.69. The van der Waals surface area contributed by atoms with Gasteiger partial charge in [0.05, 0.1) is 0 Å². The zero-order chi connectivity index (χ0) is 23.8. The summed E-state index contributed by atoms with van der Waals surface area (Å²) in [5, 5.41) is 3.45. The molecule has 5 nitrogen and oxygen atoms in total. The molecule has 0 radical (unpaired) electrons. The van der Waals surface area contributed by atoms with E-state index in [1.54, 1.807) is 24.3 Å². The number of ether oxygens (including phenoxy) is 1. The second-order valence-electron chi connectivity index (χ2n) is 7.30. The van der Waals surface area contributed by atoms with Crippen molar-refractivity contribution in [3.05, 3.63) is 99.8 Å². The monoisotopic (exact) mass is 488 g/mol. The Morgan fingerprint density at radius 3 is 2.39 bits per heavy atom. The van der Waals surface area contributed by atoms with Gasteiger partial charge < -0.3 is 15.0 Å². The Labute approximate surface area is 202 Å². The van der Waals surface area contributed by atoms with Crippen molar-refractivity contribution in [2.24, 2.45) is 0 Å². The molecule has 0 aliphatic rings. The molecule has 0 fully saturated rings. The molecule has 0 saturated carbocycles. The third-order valence-corrected chi connectivity index (χ3v) is 5.65. The second kappa shape index (κ2) is 11.7. The molecule has 0 heterocycles. The number of benzene rings is 3. The smallest absolute Gasteiger partial charge is 0.261 e. The fourth-order valence-electron chi connectivity index (χ4n) is 3.34. The van der Waals surface area contributed by atoms with Crippen LogP contribution in [-0.4, -0.2) is 36.4 Å². The number of para-hydroxylation sites is 1. The van der Waals surface area contributed by atoms with Gasteiger partial charge in [-0.15, -0.1) is 0 Å². The van der Waals surface area contributed by atoms with Crippen molar-refractivity contribution in [1.82, 2.24) is 10.2 Å². The maximum Gasteiger partial charge on any atom is 0.261 e. The average Bonchev–Trinajstić information content (AvgIpc) is 2.82. The third-order valence-electron chi connectivity index (χ3n) is 5.06. The Bertz CT molecular complexity index is 1110. The summed E-state index contributed by atoms with van der Waals surface area (Å²) in [4.78, 5) is 27.5. The van der Waals surface area contributed by atoms with E-state index in [0.29, 0.717) is 15.6 Å². The number of carbonyl (C=O) groups is 2. The molecule has 0 aliphatic heterocycles. The van der Waals surface area contributed by atoms with Crippen LogP contribution in [0, 0.1) is 5.82 Å². The largest absolute Gasteiger partial charge is 0.481 e. The summed E-state index contributed by atoms with van der Waals surface area (Å²) in [7, 11) is 1.51. The van der Waals surface area contributed by atoms with Crippen LogP contribution >= 0.6 is 23.2 Å². The second-order valence-corrected chi connectivity index (χ2v) is 8.14. The molecule has 8 heteroatoms. The number of carbonyl (C=O) groups excluding carboxylic acids is 2. The first-order chi connectivity index (χ1) is 15.9.